The van der Waals surface area contributed by atoms with Crippen LogP contribution in [0, 0.1) is 11.8 Å². The first-order valence-electron chi connectivity index (χ1n) is 11.3. The van der Waals surface area contributed by atoms with Crippen molar-refractivity contribution in [1.82, 2.24) is 20.1 Å². The summed E-state index contributed by atoms with van der Waals surface area (Å²) in [5.41, 5.74) is -0.607. The van der Waals surface area contributed by atoms with Crippen LogP contribution in [0.2, 0.25) is 0 Å². The molecule has 0 unspecified atom stereocenters. The molecule has 8 heteroatoms. The van der Waals surface area contributed by atoms with Gasteiger partial charge in [0.25, 0.3) is 5.91 Å². The van der Waals surface area contributed by atoms with Crippen molar-refractivity contribution in [3.05, 3.63) is 52.5 Å². The minimum atomic E-state index is -1.18. The third kappa shape index (κ3) is 4.28. The van der Waals surface area contributed by atoms with E-state index in [0.29, 0.717) is 56.9 Å². The van der Waals surface area contributed by atoms with Gasteiger partial charge in [-0.3, -0.25) is 19.5 Å². The summed E-state index contributed by atoms with van der Waals surface area (Å²) < 4.78 is 0. The molecular formula is C24H30N4O3S. The van der Waals surface area contributed by atoms with Crippen LogP contribution in [0.25, 0.3) is 0 Å². The van der Waals surface area contributed by atoms with Gasteiger partial charge in [-0.1, -0.05) is 26.0 Å². The predicted octanol–water partition coefficient (Wildman–Crippen LogP) is 3.42. The van der Waals surface area contributed by atoms with E-state index in [1.165, 1.54) is 4.90 Å². The molecule has 4 rings (SSSR count). The van der Waals surface area contributed by atoms with E-state index in [1.54, 1.807) is 23.6 Å². The van der Waals surface area contributed by atoms with Gasteiger partial charge in [-0.05, 0) is 48.8 Å². The number of carbonyl (C=O) groups is 3. The second-order valence-electron chi connectivity index (χ2n) is 8.99. The topological polar surface area (TPSA) is 82.6 Å². The van der Waals surface area contributed by atoms with E-state index in [2.05, 4.69) is 10.3 Å². The van der Waals surface area contributed by atoms with E-state index in [9.17, 15) is 14.4 Å². The van der Waals surface area contributed by atoms with E-state index in [1.807, 2.05) is 48.4 Å². The molecule has 2 aromatic rings. The van der Waals surface area contributed by atoms with Gasteiger partial charge in [-0.25, -0.2) is 4.79 Å². The molecule has 7 nitrogen and oxygen atoms in total. The van der Waals surface area contributed by atoms with Gasteiger partial charge in [-0.2, -0.15) is 0 Å². The minimum absolute atomic E-state index is 0.122. The number of thiophene rings is 1. The van der Waals surface area contributed by atoms with E-state index in [-0.39, 0.29) is 23.8 Å². The quantitative estimate of drug-likeness (QED) is 0.650. The lowest BCUT2D eigenvalue weighted by Gasteiger charge is -2.40. The molecule has 4 heterocycles. The maximum absolute atomic E-state index is 13.8. The summed E-state index contributed by atoms with van der Waals surface area (Å²) in [6, 6.07) is 9.09. The van der Waals surface area contributed by atoms with Gasteiger partial charge in [0.2, 0.25) is 5.91 Å². The number of nitrogens with zero attached hydrogens (tertiary/aromatic N) is 3. The average molecular weight is 455 g/mol. The van der Waals surface area contributed by atoms with Crippen LogP contribution in [0.5, 0.6) is 0 Å². The molecule has 4 amide bonds. The third-order valence-electron chi connectivity index (χ3n) is 6.41. The molecule has 1 N–H and O–H groups in total. The first-order valence-corrected chi connectivity index (χ1v) is 12.2. The van der Waals surface area contributed by atoms with E-state index < -0.39 is 5.54 Å². The highest BCUT2D eigenvalue weighted by molar-refractivity contribution is 7.09. The lowest BCUT2D eigenvalue weighted by atomic mass is 9.75. The highest BCUT2D eigenvalue weighted by Crippen LogP contribution is 2.40. The lowest BCUT2D eigenvalue weighted by Crippen LogP contribution is -2.54. The number of nitrogens with one attached hydrogen (secondary N) is 1. The largest absolute Gasteiger partial charge is 0.343 e. The SMILES string of the molecule is CC(C)CC(=O)N1CCC([C@@]2(c3ccccn3)NC(=O)N(CCc3cccs3)C2=O)CC1. The van der Waals surface area contributed by atoms with Gasteiger partial charge >= 0.3 is 6.03 Å². The first-order chi connectivity index (χ1) is 15.4. The Morgan fingerprint density at radius 2 is 2.00 bits per heavy atom. The highest BCUT2D eigenvalue weighted by Gasteiger charge is 2.58. The Labute approximate surface area is 192 Å². The molecule has 0 bridgehead atoms. The Balaban J connectivity index is 1.56. The van der Waals surface area contributed by atoms with Crippen molar-refractivity contribution in [3.63, 3.8) is 0 Å². The highest BCUT2D eigenvalue weighted by atomic mass is 32.1. The molecule has 0 spiro atoms. The fraction of sp³-hybridized carbons (Fsp3) is 0.500. The van der Waals surface area contributed by atoms with Gasteiger partial charge in [0.15, 0.2) is 5.54 Å². The summed E-state index contributed by atoms with van der Waals surface area (Å²) in [6.45, 7) is 5.59. The standard InChI is InChI=1S/C24H30N4O3S/c1-17(2)16-21(29)27-12-8-18(9-13-27)24(20-7-3-4-11-25-20)22(30)28(23(31)26-24)14-10-19-6-5-15-32-19/h3-7,11,15,17-18H,8-10,12-14,16H2,1-2H3,(H,26,31)/t24-/m0/s1. The monoisotopic (exact) mass is 454 g/mol. The maximum Gasteiger partial charge on any atom is 0.325 e. The van der Waals surface area contributed by atoms with E-state index in [4.69, 9.17) is 0 Å². The number of piperidine rings is 1. The Morgan fingerprint density at radius 3 is 2.62 bits per heavy atom. The Morgan fingerprint density at radius 1 is 1.22 bits per heavy atom. The van der Waals surface area contributed by atoms with Gasteiger partial charge in [-0.15, -0.1) is 11.3 Å². The Hall–Kier alpha value is -2.74. The molecule has 2 aromatic heterocycles. The van der Waals surface area contributed by atoms with Crippen LogP contribution in [-0.2, 0) is 21.5 Å². The first kappa shape index (κ1) is 22.5. The molecule has 0 aliphatic carbocycles. The molecule has 0 saturated carbocycles. The summed E-state index contributed by atoms with van der Waals surface area (Å²) in [6.07, 6.45) is 4.11. The molecule has 2 fully saturated rings. The van der Waals surface area contributed by atoms with Gasteiger partial charge in [0.05, 0.1) is 5.69 Å². The fourth-order valence-corrected chi connectivity index (χ4v) is 5.47. The Kier molecular flexibility index (Phi) is 6.60. The lowest BCUT2D eigenvalue weighted by molar-refractivity contribution is -0.136. The molecule has 2 aliphatic heterocycles. The Bertz CT molecular complexity index is 955. The van der Waals surface area contributed by atoms with Crippen LogP contribution in [0.15, 0.2) is 41.9 Å². The number of hydrogen-bond acceptors (Lipinski definition) is 5. The second-order valence-corrected chi connectivity index (χ2v) is 10.0. The molecule has 1 atom stereocenters. The molecular weight excluding hydrogens is 424 g/mol. The van der Waals surface area contributed by atoms with Gasteiger partial charge < -0.3 is 10.2 Å². The molecule has 32 heavy (non-hydrogen) atoms. The summed E-state index contributed by atoms with van der Waals surface area (Å²) in [5.74, 6) is 0.116. The predicted molar refractivity (Wildman–Crippen MR) is 123 cm³/mol. The zero-order chi connectivity index (χ0) is 22.7. The summed E-state index contributed by atoms with van der Waals surface area (Å²) >= 11 is 1.62. The maximum atomic E-state index is 13.8. The van der Waals surface area contributed by atoms with Crippen molar-refractivity contribution in [3.8, 4) is 0 Å². The van der Waals surface area contributed by atoms with Crippen LogP contribution in [0.1, 0.15) is 43.7 Å². The zero-order valence-electron chi connectivity index (χ0n) is 18.6. The van der Waals surface area contributed by atoms with Crippen molar-refractivity contribution in [1.29, 1.82) is 0 Å². The van der Waals surface area contributed by atoms with E-state index in [0.717, 1.165) is 4.88 Å². The number of urea groups is 1. The normalized spacial score (nSPS) is 22.0. The third-order valence-corrected chi connectivity index (χ3v) is 7.34. The van der Waals surface area contributed by atoms with Crippen LogP contribution in [0.4, 0.5) is 4.79 Å². The van der Waals surface area contributed by atoms with E-state index >= 15 is 0 Å². The second kappa shape index (κ2) is 9.40. The zero-order valence-corrected chi connectivity index (χ0v) is 19.4. The summed E-state index contributed by atoms with van der Waals surface area (Å²) in [5, 5.41) is 5.03. The smallest absolute Gasteiger partial charge is 0.325 e. The number of amides is 4. The summed E-state index contributed by atoms with van der Waals surface area (Å²) in [4.78, 5) is 48.1. The molecule has 170 valence electrons. The van der Waals surface area contributed by atoms with Crippen molar-refractivity contribution in [2.75, 3.05) is 19.6 Å². The van der Waals surface area contributed by atoms with Gasteiger partial charge in [0, 0.05) is 43.0 Å². The number of hydrogen-bond donors (Lipinski definition) is 1. The average Bonchev–Trinajstić information content (AvgIpc) is 3.39. The van der Waals surface area contributed by atoms with Crippen LogP contribution < -0.4 is 5.32 Å². The van der Waals surface area contributed by atoms with Crippen molar-refractivity contribution >= 4 is 29.2 Å². The van der Waals surface area contributed by atoms with Gasteiger partial charge in [0.1, 0.15) is 0 Å². The molecule has 2 saturated heterocycles. The number of pyridine rings is 1. The van der Waals surface area contributed by atoms with Crippen molar-refractivity contribution in [2.24, 2.45) is 11.8 Å². The number of rotatable bonds is 7. The fourth-order valence-electron chi connectivity index (χ4n) is 4.77. The molecule has 0 aromatic carbocycles. The molecule has 0 radical (unpaired) electrons. The van der Waals surface area contributed by atoms with Crippen molar-refractivity contribution in [2.45, 2.75) is 45.1 Å². The number of aromatic nitrogens is 1. The van der Waals surface area contributed by atoms with Crippen LogP contribution in [0.3, 0.4) is 0 Å². The van der Waals surface area contributed by atoms with Crippen LogP contribution in [-0.4, -0.2) is 52.3 Å². The number of carbonyl (C=O) groups excluding carboxylic acids is 3. The number of imide groups is 1. The number of likely N-dealkylation sites (tertiary alicyclic amines) is 1. The van der Waals surface area contributed by atoms with Crippen molar-refractivity contribution < 1.29 is 14.4 Å². The minimum Gasteiger partial charge on any atom is -0.343 e. The summed E-state index contributed by atoms with van der Waals surface area (Å²) in [7, 11) is 0. The van der Waals surface area contributed by atoms with Crippen LogP contribution >= 0.6 is 11.3 Å². The molecule has 2 aliphatic rings.